The smallest absolute Gasteiger partial charge is 0.147 e. The molecule has 1 aromatic carbocycles. The summed E-state index contributed by atoms with van der Waals surface area (Å²) >= 11 is 0. The molecule has 0 aliphatic heterocycles. The van der Waals surface area contributed by atoms with Crippen molar-refractivity contribution in [1.82, 2.24) is 4.90 Å². The van der Waals surface area contributed by atoms with Crippen LogP contribution < -0.4 is 0 Å². The summed E-state index contributed by atoms with van der Waals surface area (Å²) in [6, 6.07) is 5.79. The lowest BCUT2D eigenvalue weighted by molar-refractivity contribution is 0.555. The summed E-state index contributed by atoms with van der Waals surface area (Å²) in [4.78, 5) is 1.74. The zero-order valence-corrected chi connectivity index (χ0v) is 9.39. The van der Waals surface area contributed by atoms with E-state index in [0.29, 0.717) is 11.5 Å². The second-order valence-corrected chi connectivity index (χ2v) is 3.19. The molecule has 0 unspecified atom stereocenters. The van der Waals surface area contributed by atoms with Gasteiger partial charge in [0.05, 0.1) is 5.69 Å². The van der Waals surface area contributed by atoms with Crippen LogP contribution in [0.15, 0.2) is 59.2 Å². The Bertz CT molecular complexity index is 407. The molecule has 16 heavy (non-hydrogen) atoms. The van der Waals surface area contributed by atoms with Crippen molar-refractivity contribution in [3.8, 4) is 0 Å². The Kier molecular flexibility index (Phi) is 4.39. The van der Waals surface area contributed by atoms with Crippen LogP contribution >= 0.6 is 0 Å². The summed E-state index contributed by atoms with van der Waals surface area (Å²) < 4.78 is 12.6. The van der Waals surface area contributed by atoms with E-state index in [1.54, 1.807) is 17.0 Å². The third-order valence-electron chi connectivity index (χ3n) is 1.89. The number of benzene rings is 1. The van der Waals surface area contributed by atoms with Crippen LogP contribution in [0.1, 0.15) is 6.92 Å². The zero-order valence-electron chi connectivity index (χ0n) is 9.39. The average molecular weight is 219 g/mol. The molecule has 0 amide bonds. The van der Waals surface area contributed by atoms with E-state index >= 15 is 0 Å². The number of allylic oxidation sites excluding steroid dienone is 1. The normalized spacial score (nSPS) is 11.2. The lowest BCUT2D eigenvalue weighted by Crippen LogP contribution is -2.06. The third-order valence-corrected chi connectivity index (χ3v) is 1.89. The van der Waals surface area contributed by atoms with Gasteiger partial charge in [0.1, 0.15) is 11.6 Å². The van der Waals surface area contributed by atoms with Gasteiger partial charge in [-0.3, -0.25) is 0 Å². The minimum atomic E-state index is -0.288. The van der Waals surface area contributed by atoms with Crippen LogP contribution in [0, 0.1) is 5.82 Å². The number of azo groups is 1. The number of nitrogens with zero attached hydrogens (tertiary/aromatic N) is 3. The van der Waals surface area contributed by atoms with E-state index < -0.39 is 0 Å². The first-order valence-corrected chi connectivity index (χ1v) is 4.85. The highest BCUT2D eigenvalue weighted by atomic mass is 19.1. The van der Waals surface area contributed by atoms with Crippen molar-refractivity contribution in [2.45, 2.75) is 6.92 Å². The van der Waals surface area contributed by atoms with E-state index in [0.717, 1.165) is 0 Å². The molecule has 0 spiro atoms. The van der Waals surface area contributed by atoms with Gasteiger partial charge in [0.2, 0.25) is 0 Å². The van der Waals surface area contributed by atoms with Crippen molar-refractivity contribution in [2.75, 3.05) is 7.05 Å². The molecule has 0 saturated carbocycles. The summed E-state index contributed by atoms with van der Waals surface area (Å²) in [5.74, 6) is 0.228. The molecular weight excluding hydrogens is 205 g/mol. The van der Waals surface area contributed by atoms with E-state index in [4.69, 9.17) is 0 Å². The summed E-state index contributed by atoms with van der Waals surface area (Å²) in [5, 5.41) is 7.86. The highest BCUT2D eigenvalue weighted by Crippen LogP contribution is 2.14. The summed E-state index contributed by atoms with van der Waals surface area (Å²) in [6.45, 7) is 5.65. The van der Waals surface area contributed by atoms with Crippen molar-refractivity contribution < 1.29 is 4.39 Å². The first kappa shape index (κ1) is 12.1. The Morgan fingerprint density at radius 1 is 1.38 bits per heavy atom. The third kappa shape index (κ3) is 3.65. The lowest BCUT2D eigenvalue weighted by Gasteiger charge is -2.10. The highest BCUT2D eigenvalue weighted by Gasteiger charge is 1.95. The highest BCUT2D eigenvalue weighted by molar-refractivity contribution is 5.35. The van der Waals surface area contributed by atoms with E-state index in [2.05, 4.69) is 16.8 Å². The van der Waals surface area contributed by atoms with Crippen molar-refractivity contribution in [3.63, 3.8) is 0 Å². The van der Waals surface area contributed by atoms with Crippen molar-refractivity contribution in [3.05, 3.63) is 54.8 Å². The average Bonchev–Trinajstić information content (AvgIpc) is 2.28. The Hall–Kier alpha value is -1.97. The van der Waals surface area contributed by atoms with Gasteiger partial charge < -0.3 is 4.90 Å². The summed E-state index contributed by atoms with van der Waals surface area (Å²) in [7, 11) is 1.83. The van der Waals surface area contributed by atoms with Crippen molar-refractivity contribution in [1.29, 1.82) is 0 Å². The molecule has 0 radical (unpaired) electrons. The van der Waals surface area contributed by atoms with Gasteiger partial charge in [-0.2, -0.15) is 0 Å². The number of rotatable bonds is 4. The van der Waals surface area contributed by atoms with Crippen molar-refractivity contribution in [2.24, 2.45) is 10.2 Å². The van der Waals surface area contributed by atoms with Crippen LogP contribution in [0.25, 0.3) is 0 Å². The first-order valence-electron chi connectivity index (χ1n) is 4.85. The molecule has 0 heterocycles. The molecule has 84 valence electrons. The predicted molar refractivity (Wildman–Crippen MR) is 62.6 cm³/mol. The maximum atomic E-state index is 12.6. The van der Waals surface area contributed by atoms with Gasteiger partial charge in [0.15, 0.2) is 0 Å². The molecule has 0 aliphatic rings. The molecule has 1 aromatic rings. The SMILES string of the molecule is C=C(/N=N/c1ccc(F)cc1)N(C)/C=C\C. The van der Waals surface area contributed by atoms with Crippen LogP contribution in [-0.4, -0.2) is 11.9 Å². The molecular formula is C12H14FN3. The Balaban J connectivity index is 2.66. The summed E-state index contributed by atoms with van der Waals surface area (Å²) in [6.07, 6.45) is 3.70. The fourth-order valence-corrected chi connectivity index (χ4v) is 1.00. The first-order chi connectivity index (χ1) is 7.63. The van der Waals surface area contributed by atoms with Crippen molar-refractivity contribution >= 4 is 5.69 Å². The van der Waals surface area contributed by atoms with Gasteiger partial charge in [-0.1, -0.05) is 12.7 Å². The zero-order chi connectivity index (χ0) is 12.0. The minimum absolute atomic E-state index is 0.288. The Morgan fingerprint density at radius 2 is 2.00 bits per heavy atom. The quantitative estimate of drug-likeness (QED) is 0.707. The Morgan fingerprint density at radius 3 is 2.56 bits per heavy atom. The number of hydrogen-bond acceptors (Lipinski definition) is 3. The molecule has 3 nitrogen and oxygen atoms in total. The van der Waals surface area contributed by atoms with E-state index in [1.165, 1.54) is 12.1 Å². The maximum absolute atomic E-state index is 12.6. The standard InChI is InChI=1S/C12H14FN3/c1-4-9-16(3)10(2)14-15-12-7-5-11(13)6-8-12/h4-9H,2H2,1,3H3/b9-4-,15-14+. The molecule has 1 rings (SSSR count). The van der Waals surface area contributed by atoms with Crippen LogP contribution in [0.5, 0.6) is 0 Å². The second-order valence-electron chi connectivity index (χ2n) is 3.19. The monoisotopic (exact) mass is 219 g/mol. The lowest BCUT2D eigenvalue weighted by atomic mass is 10.3. The molecule has 0 atom stereocenters. The van der Waals surface area contributed by atoms with Gasteiger partial charge in [-0.15, -0.1) is 10.2 Å². The van der Waals surface area contributed by atoms with Gasteiger partial charge >= 0.3 is 0 Å². The van der Waals surface area contributed by atoms with Gasteiger partial charge in [0, 0.05) is 13.2 Å². The van der Waals surface area contributed by atoms with Crippen LogP contribution in [0.4, 0.5) is 10.1 Å². The molecule has 0 bridgehead atoms. The summed E-state index contributed by atoms with van der Waals surface area (Å²) in [5.41, 5.74) is 0.594. The van der Waals surface area contributed by atoms with Gasteiger partial charge in [-0.05, 0) is 31.2 Å². The molecule has 0 aliphatic carbocycles. The Labute approximate surface area is 94.6 Å². The number of halogens is 1. The van der Waals surface area contributed by atoms with E-state index in [9.17, 15) is 4.39 Å². The van der Waals surface area contributed by atoms with E-state index in [-0.39, 0.29) is 5.82 Å². The topological polar surface area (TPSA) is 28.0 Å². The molecule has 4 heteroatoms. The molecule has 0 saturated heterocycles. The second kappa shape index (κ2) is 5.80. The van der Waals surface area contributed by atoms with Crippen LogP contribution in [-0.2, 0) is 0 Å². The molecule has 0 N–H and O–H groups in total. The fraction of sp³-hybridized carbons (Fsp3) is 0.167. The minimum Gasteiger partial charge on any atom is -0.335 e. The fourth-order valence-electron chi connectivity index (χ4n) is 1.00. The van der Waals surface area contributed by atoms with Crippen LogP contribution in [0.3, 0.4) is 0 Å². The maximum Gasteiger partial charge on any atom is 0.147 e. The van der Waals surface area contributed by atoms with Gasteiger partial charge in [0.25, 0.3) is 0 Å². The predicted octanol–water partition coefficient (Wildman–Crippen LogP) is 3.85. The molecule has 0 aromatic heterocycles. The van der Waals surface area contributed by atoms with E-state index in [1.807, 2.05) is 26.2 Å². The molecule has 0 fully saturated rings. The van der Waals surface area contributed by atoms with Crippen LogP contribution in [0.2, 0.25) is 0 Å². The number of hydrogen-bond donors (Lipinski definition) is 0. The van der Waals surface area contributed by atoms with Gasteiger partial charge in [-0.25, -0.2) is 4.39 Å². The largest absolute Gasteiger partial charge is 0.335 e.